The van der Waals surface area contributed by atoms with Gasteiger partial charge in [0.2, 0.25) is 11.9 Å². The summed E-state index contributed by atoms with van der Waals surface area (Å²) >= 11 is 0. The normalized spacial score (nSPS) is 14.2. The number of aromatic amines is 1. The van der Waals surface area contributed by atoms with E-state index >= 15 is 0 Å². The number of H-pyrrole nitrogens is 1. The van der Waals surface area contributed by atoms with Gasteiger partial charge in [0.15, 0.2) is 0 Å². The summed E-state index contributed by atoms with van der Waals surface area (Å²) in [7, 11) is 7.87. The van der Waals surface area contributed by atoms with E-state index in [2.05, 4.69) is 46.1 Å². The van der Waals surface area contributed by atoms with Crippen LogP contribution < -0.4 is 20.3 Å². The van der Waals surface area contributed by atoms with Crippen molar-refractivity contribution in [1.82, 2.24) is 24.4 Å². The van der Waals surface area contributed by atoms with Gasteiger partial charge in [0.05, 0.1) is 29.9 Å². The van der Waals surface area contributed by atoms with Crippen LogP contribution in [-0.2, 0) is 11.8 Å². The van der Waals surface area contributed by atoms with E-state index in [1.807, 2.05) is 55.3 Å². The van der Waals surface area contributed by atoms with Gasteiger partial charge in [0.1, 0.15) is 11.4 Å². The molecule has 0 radical (unpaired) electrons. The molecule has 0 spiro atoms. The molecule has 3 N–H and O–H groups in total. The average Bonchev–Trinajstić information content (AvgIpc) is 3.53. The minimum atomic E-state index is -0.276. The van der Waals surface area contributed by atoms with Crippen molar-refractivity contribution in [1.29, 1.82) is 0 Å². The first-order valence-electron chi connectivity index (χ1n) is 13.1. The Morgan fingerprint density at radius 3 is 2.64 bits per heavy atom. The van der Waals surface area contributed by atoms with Crippen LogP contribution in [0.25, 0.3) is 22.3 Å². The molecule has 1 fully saturated rings. The van der Waals surface area contributed by atoms with Crippen LogP contribution >= 0.6 is 0 Å². The van der Waals surface area contributed by atoms with Gasteiger partial charge in [-0.25, -0.2) is 4.98 Å². The van der Waals surface area contributed by atoms with Gasteiger partial charge in [-0.05, 0) is 57.6 Å². The maximum atomic E-state index is 12.4. The molecule has 0 atom stereocenters. The van der Waals surface area contributed by atoms with E-state index in [0.717, 1.165) is 59.5 Å². The lowest BCUT2D eigenvalue weighted by Crippen LogP contribution is -2.42. The number of ether oxygens (including phenoxy) is 1. The van der Waals surface area contributed by atoms with Crippen molar-refractivity contribution in [2.24, 2.45) is 7.05 Å². The monoisotopic (exact) mass is 528 g/mol. The zero-order valence-electron chi connectivity index (χ0n) is 23.2. The van der Waals surface area contributed by atoms with Crippen LogP contribution in [0.5, 0.6) is 5.75 Å². The summed E-state index contributed by atoms with van der Waals surface area (Å²) in [6, 6.07) is 6.42. The molecule has 3 aromatic heterocycles. The van der Waals surface area contributed by atoms with Gasteiger partial charge in [-0.1, -0.05) is 6.58 Å². The number of aromatic nitrogens is 4. The standard InChI is InChI=1S/C29H36N8O2/c1-7-25(38)31-21-14-22(24(39-6)15-23(21)37-12-9-20(10-13-37)35(3)4)32-29-33-27(19-8-11-36(5)17-19)26-18(2)16-30-28(26)34-29/h7-8,11,14-17,20H,1,9-10,12-13H2,2-6H3,(H,31,38)(H2,30,32,33,34). The summed E-state index contributed by atoms with van der Waals surface area (Å²) in [5.74, 6) is 0.771. The fourth-order valence-corrected chi connectivity index (χ4v) is 5.22. The van der Waals surface area contributed by atoms with Gasteiger partial charge >= 0.3 is 0 Å². The number of aryl methyl sites for hydroxylation is 2. The zero-order chi connectivity index (χ0) is 27.7. The van der Waals surface area contributed by atoms with E-state index in [1.165, 1.54) is 6.08 Å². The summed E-state index contributed by atoms with van der Waals surface area (Å²) < 4.78 is 7.80. The molecular weight excluding hydrogens is 492 g/mol. The first-order valence-corrected chi connectivity index (χ1v) is 13.1. The van der Waals surface area contributed by atoms with Crippen LogP contribution in [0.15, 0.2) is 49.4 Å². The Hall–Kier alpha value is -4.31. The summed E-state index contributed by atoms with van der Waals surface area (Å²) in [6.45, 7) is 7.42. The lowest BCUT2D eigenvalue weighted by atomic mass is 10.0. The SMILES string of the molecule is C=CC(=O)Nc1cc(Nc2nc(-c3ccn(C)c3)c3c(C)c[nH]c3n2)c(OC)cc1N1CCC(N(C)C)CC1. The highest BCUT2D eigenvalue weighted by molar-refractivity contribution is 6.02. The molecular formula is C29H36N8O2. The number of anilines is 4. The largest absolute Gasteiger partial charge is 0.494 e. The predicted octanol–water partition coefficient (Wildman–Crippen LogP) is 4.68. The summed E-state index contributed by atoms with van der Waals surface area (Å²) in [6.07, 6.45) is 9.32. The van der Waals surface area contributed by atoms with Crippen LogP contribution in [-0.4, -0.2) is 70.7 Å². The number of carbonyl (C=O) groups is 1. The van der Waals surface area contributed by atoms with Crippen molar-refractivity contribution in [2.45, 2.75) is 25.8 Å². The van der Waals surface area contributed by atoms with E-state index in [-0.39, 0.29) is 5.91 Å². The predicted molar refractivity (Wildman–Crippen MR) is 157 cm³/mol. The van der Waals surface area contributed by atoms with E-state index in [1.54, 1.807) is 7.11 Å². The Bertz CT molecular complexity index is 1510. The number of carbonyl (C=O) groups excluding carboxylic acids is 1. The molecule has 4 aromatic rings. The van der Waals surface area contributed by atoms with Crippen LogP contribution in [0.1, 0.15) is 18.4 Å². The Kier molecular flexibility index (Phi) is 7.30. The van der Waals surface area contributed by atoms with Crippen LogP contribution in [0.3, 0.4) is 0 Å². The van der Waals surface area contributed by atoms with E-state index in [0.29, 0.717) is 29.1 Å². The number of piperidine rings is 1. The molecule has 1 aromatic carbocycles. The molecule has 0 saturated carbocycles. The summed E-state index contributed by atoms with van der Waals surface area (Å²) in [4.78, 5) is 29.9. The third kappa shape index (κ3) is 5.33. The number of hydrogen-bond acceptors (Lipinski definition) is 7. The molecule has 0 bridgehead atoms. The first-order chi connectivity index (χ1) is 18.8. The van der Waals surface area contributed by atoms with Gasteiger partial charge in [-0.3, -0.25) is 4.79 Å². The second-order valence-corrected chi connectivity index (χ2v) is 10.2. The number of nitrogens with one attached hydrogen (secondary N) is 3. The smallest absolute Gasteiger partial charge is 0.247 e. The second-order valence-electron chi connectivity index (χ2n) is 10.2. The quantitative estimate of drug-likeness (QED) is 0.285. The zero-order valence-corrected chi connectivity index (χ0v) is 23.2. The fourth-order valence-electron chi connectivity index (χ4n) is 5.22. The maximum Gasteiger partial charge on any atom is 0.247 e. The Labute approximate surface area is 228 Å². The van der Waals surface area contributed by atoms with Gasteiger partial charge in [-0.2, -0.15) is 4.98 Å². The number of fused-ring (bicyclic) bond motifs is 1. The third-order valence-electron chi connectivity index (χ3n) is 7.38. The number of hydrogen-bond donors (Lipinski definition) is 3. The second kappa shape index (κ2) is 10.8. The Morgan fingerprint density at radius 1 is 1.23 bits per heavy atom. The molecule has 1 aliphatic rings. The van der Waals surface area contributed by atoms with Crippen LogP contribution in [0, 0.1) is 6.92 Å². The van der Waals surface area contributed by atoms with Crippen molar-refractivity contribution >= 4 is 40.0 Å². The van der Waals surface area contributed by atoms with E-state index < -0.39 is 0 Å². The molecule has 4 heterocycles. The first kappa shape index (κ1) is 26.3. The number of amides is 1. The average molecular weight is 529 g/mol. The number of nitrogens with zero attached hydrogens (tertiary/aromatic N) is 5. The van der Waals surface area contributed by atoms with Crippen LogP contribution in [0.2, 0.25) is 0 Å². The lowest BCUT2D eigenvalue weighted by molar-refractivity contribution is -0.111. The Balaban J connectivity index is 1.54. The van der Waals surface area contributed by atoms with Crippen molar-refractivity contribution in [3.05, 3.63) is 55.0 Å². The number of rotatable bonds is 8. The number of methoxy groups -OCH3 is 1. The molecule has 10 heteroatoms. The van der Waals surface area contributed by atoms with Crippen LogP contribution in [0.4, 0.5) is 23.0 Å². The van der Waals surface area contributed by atoms with Crippen molar-refractivity contribution < 1.29 is 9.53 Å². The highest BCUT2D eigenvalue weighted by atomic mass is 16.5. The minimum Gasteiger partial charge on any atom is -0.494 e. The molecule has 204 valence electrons. The van der Waals surface area contributed by atoms with Gasteiger partial charge in [0.25, 0.3) is 0 Å². The van der Waals surface area contributed by atoms with Crippen molar-refractivity contribution in [2.75, 3.05) is 49.8 Å². The molecule has 10 nitrogen and oxygen atoms in total. The van der Waals surface area contributed by atoms with Crippen molar-refractivity contribution in [3.63, 3.8) is 0 Å². The number of benzene rings is 1. The molecule has 0 unspecified atom stereocenters. The van der Waals surface area contributed by atoms with E-state index in [9.17, 15) is 4.79 Å². The van der Waals surface area contributed by atoms with Gasteiger partial charge in [-0.15, -0.1) is 0 Å². The maximum absolute atomic E-state index is 12.4. The third-order valence-corrected chi connectivity index (χ3v) is 7.38. The lowest BCUT2D eigenvalue weighted by Gasteiger charge is -2.37. The highest BCUT2D eigenvalue weighted by Crippen LogP contribution is 2.40. The van der Waals surface area contributed by atoms with Gasteiger partial charge in [0, 0.05) is 61.8 Å². The topological polar surface area (TPSA) is 103 Å². The van der Waals surface area contributed by atoms with Gasteiger partial charge < -0.3 is 34.7 Å². The molecule has 0 aliphatic carbocycles. The molecule has 5 rings (SSSR count). The molecule has 1 saturated heterocycles. The fraction of sp³-hybridized carbons (Fsp3) is 0.345. The van der Waals surface area contributed by atoms with E-state index in [4.69, 9.17) is 14.7 Å². The Morgan fingerprint density at radius 2 is 2.00 bits per heavy atom. The summed E-state index contributed by atoms with van der Waals surface area (Å²) in [5.41, 5.74) is 5.87. The molecule has 39 heavy (non-hydrogen) atoms. The van der Waals surface area contributed by atoms with Crippen molar-refractivity contribution in [3.8, 4) is 17.0 Å². The minimum absolute atomic E-state index is 0.276. The molecule has 1 amide bonds. The highest BCUT2D eigenvalue weighted by Gasteiger charge is 2.25. The molecule has 1 aliphatic heterocycles. The summed E-state index contributed by atoms with van der Waals surface area (Å²) in [5, 5.41) is 7.32.